The van der Waals surface area contributed by atoms with Crippen LogP contribution in [-0.4, -0.2) is 0 Å². The Kier molecular flexibility index (Phi) is 1.84. The van der Waals surface area contributed by atoms with Gasteiger partial charge in [-0.25, -0.2) is 0 Å². The Morgan fingerprint density at radius 3 is 2.11 bits per heavy atom. The average molecular weight is 138 g/mol. The molecule has 1 aromatic carbocycles. The Labute approximate surface area is 59.8 Å². The van der Waals surface area contributed by atoms with E-state index in [2.05, 4.69) is 0 Å². The first-order valence-electron chi connectivity index (χ1n) is 2.64. The van der Waals surface area contributed by atoms with Crippen molar-refractivity contribution in [1.82, 2.24) is 0 Å². The van der Waals surface area contributed by atoms with Gasteiger partial charge in [0.2, 0.25) is 0 Å². The molecule has 0 aliphatic carbocycles. The number of hydrogen-bond donors (Lipinski definition) is 0. The smallest absolute Gasteiger partial charge is 0.0586 e. The molecule has 0 atom stereocenters. The number of benzene rings is 1. The molecule has 0 aliphatic rings. The topological polar surface area (TPSA) is 0 Å². The van der Waals surface area contributed by atoms with Gasteiger partial charge < -0.3 is 0 Å². The molecule has 44 valence electrons. The zero-order valence-corrected chi connectivity index (χ0v) is 5.60. The SMILES string of the molecule is [CH+]=C(Cl)c1ccccc1. The van der Waals surface area contributed by atoms with Gasteiger partial charge in [-0.3, -0.25) is 0 Å². The summed E-state index contributed by atoms with van der Waals surface area (Å²) in [5.74, 6) is 0. The van der Waals surface area contributed by atoms with E-state index < -0.39 is 0 Å². The maximum absolute atomic E-state index is 5.50. The molecule has 0 spiro atoms. The second-order valence-electron chi connectivity index (χ2n) is 1.71. The largest absolute Gasteiger partial charge is 0.261 e. The normalized spacial score (nSPS) is 8.89. The van der Waals surface area contributed by atoms with Crippen molar-refractivity contribution in [2.45, 2.75) is 0 Å². The molecular weight excluding hydrogens is 132 g/mol. The summed E-state index contributed by atoms with van der Waals surface area (Å²) in [5.41, 5.74) is 0.874. The Balaban J connectivity index is 2.98. The van der Waals surface area contributed by atoms with Gasteiger partial charge in [-0.1, -0.05) is 6.07 Å². The Bertz CT molecular complexity index is 201. The highest BCUT2D eigenvalue weighted by Gasteiger charge is 2.02. The molecule has 0 unspecified atom stereocenters. The fraction of sp³-hybridized carbons (Fsp3) is 0. The monoisotopic (exact) mass is 137 g/mol. The minimum Gasteiger partial charge on any atom is -0.0586 e. The Morgan fingerprint density at radius 2 is 1.78 bits per heavy atom. The van der Waals surface area contributed by atoms with Gasteiger partial charge in [-0.05, 0) is 23.7 Å². The summed E-state index contributed by atoms with van der Waals surface area (Å²) in [5, 5.41) is 0.343. The standard InChI is InChI=1S/C8H6Cl/c1-7(9)8-5-3-2-4-6-8/h1-6H/q+1. The van der Waals surface area contributed by atoms with Crippen molar-refractivity contribution >= 4 is 16.6 Å². The number of halogens is 1. The van der Waals surface area contributed by atoms with Gasteiger partial charge in [0.15, 0.2) is 0 Å². The van der Waals surface area contributed by atoms with Crippen LogP contribution in [0.15, 0.2) is 30.3 Å². The number of hydrogen-bond acceptors (Lipinski definition) is 0. The maximum atomic E-state index is 5.50. The van der Waals surface area contributed by atoms with Crippen LogP contribution in [0.2, 0.25) is 0 Å². The molecule has 1 rings (SSSR count). The van der Waals surface area contributed by atoms with Crippen LogP contribution in [0, 0.1) is 6.58 Å². The van der Waals surface area contributed by atoms with Gasteiger partial charge in [-0.2, -0.15) is 0 Å². The third kappa shape index (κ3) is 1.53. The molecule has 0 aromatic heterocycles. The number of rotatable bonds is 1. The van der Waals surface area contributed by atoms with Crippen molar-refractivity contribution in [3.63, 3.8) is 0 Å². The van der Waals surface area contributed by atoms with E-state index in [1.807, 2.05) is 30.3 Å². The minimum absolute atomic E-state index is 0.343. The molecule has 0 aliphatic heterocycles. The van der Waals surface area contributed by atoms with Crippen LogP contribution in [0.25, 0.3) is 5.03 Å². The van der Waals surface area contributed by atoms with E-state index in [4.69, 9.17) is 18.2 Å². The van der Waals surface area contributed by atoms with Crippen LogP contribution in [0.1, 0.15) is 5.56 Å². The van der Waals surface area contributed by atoms with Gasteiger partial charge in [-0.15, -0.1) is 0 Å². The zero-order valence-electron chi connectivity index (χ0n) is 4.84. The lowest BCUT2D eigenvalue weighted by atomic mass is 10.2. The third-order valence-electron chi connectivity index (χ3n) is 1.05. The summed E-state index contributed by atoms with van der Waals surface area (Å²) < 4.78 is 0. The molecule has 0 saturated heterocycles. The molecular formula is C8H6Cl+. The molecule has 0 heterocycles. The van der Waals surface area contributed by atoms with Crippen LogP contribution < -0.4 is 0 Å². The second-order valence-corrected chi connectivity index (χ2v) is 2.12. The van der Waals surface area contributed by atoms with Crippen molar-refractivity contribution in [2.24, 2.45) is 0 Å². The summed E-state index contributed by atoms with van der Waals surface area (Å²) in [4.78, 5) is 0. The second kappa shape index (κ2) is 2.63. The first-order valence-corrected chi connectivity index (χ1v) is 3.02. The average Bonchev–Trinajstić information content (AvgIpc) is 1.90. The van der Waals surface area contributed by atoms with Gasteiger partial charge in [0.1, 0.15) is 5.56 Å². The third-order valence-corrected chi connectivity index (χ3v) is 1.27. The van der Waals surface area contributed by atoms with Crippen molar-refractivity contribution < 1.29 is 0 Å². The summed E-state index contributed by atoms with van der Waals surface area (Å²) in [6.07, 6.45) is 0. The summed E-state index contributed by atoms with van der Waals surface area (Å²) >= 11 is 5.50. The fourth-order valence-electron chi connectivity index (χ4n) is 0.597. The van der Waals surface area contributed by atoms with Gasteiger partial charge in [0.05, 0.1) is 6.58 Å². The van der Waals surface area contributed by atoms with E-state index in [0.29, 0.717) is 5.03 Å². The van der Waals surface area contributed by atoms with E-state index in [1.165, 1.54) is 0 Å². The fourth-order valence-corrected chi connectivity index (χ4v) is 0.723. The van der Waals surface area contributed by atoms with Crippen LogP contribution in [0.5, 0.6) is 0 Å². The van der Waals surface area contributed by atoms with E-state index in [0.717, 1.165) is 5.56 Å². The van der Waals surface area contributed by atoms with Crippen LogP contribution in [0.3, 0.4) is 0 Å². The Hall–Kier alpha value is -0.840. The summed E-state index contributed by atoms with van der Waals surface area (Å²) in [6.45, 7) is 5.30. The van der Waals surface area contributed by atoms with Gasteiger partial charge >= 0.3 is 0 Å². The van der Waals surface area contributed by atoms with E-state index in [1.54, 1.807) is 0 Å². The molecule has 0 bridgehead atoms. The molecule has 0 N–H and O–H groups in total. The van der Waals surface area contributed by atoms with Crippen molar-refractivity contribution in [3.05, 3.63) is 42.5 Å². The van der Waals surface area contributed by atoms with Crippen molar-refractivity contribution in [1.29, 1.82) is 0 Å². The first-order chi connectivity index (χ1) is 4.30. The van der Waals surface area contributed by atoms with Crippen molar-refractivity contribution in [2.75, 3.05) is 0 Å². The zero-order chi connectivity index (χ0) is 6.69. The molecule has 9 heavy (non-hydrogen) atoms. The van der Waals surface area contributed by atoms with Gasteiger partial charge in [0.25, 0.3) is 5.03 Å². The quantitative estimate of drug-likeness (QED) is 0.522. The Morgan fingerprint density at radius 1 is 1.22 bits per heavy atom. The highest BCUT2D eigenvalue weighted by Crippen LogP contribution is 2.13. The molecule has 0 saturated carbocycles. The lowest BCUT2D eigenvalue weighted by molar-refractivity contribution is 1.65. The van der Waals surface area contributed by atoms with Crippen LogP contribution in [0.4, 0.5) is 0 Å². The van der Waals surface area contributed by atoms with E-state index >= 15 is 0 Å². The molecule has 1 aromatic rings. The molecule has 0 radical (unpaired) electrons. The lowest BCUT2D eigenvalue weighted by Crippen LogP contribution is -1.70. The lowest BCUT2D eigenvalue weighted by Gasteiger charge is -1.81. The molecule has 0 nitrogen and oxygen atoms in total. The highest BCUT2D eigenvalue weighted by atomic mass is 35.5. The first kappa shape index (κ1) is 6.28. The molecule has 0 fully saturated rings. The van der Waals surface area contributed by atoms with Gasteiger partial charge in [0, 0.05) is 12.1 Å². The predicted octanol–water partition coefficient (Wildman–Crippen LogP) is 2.70. The van der Waals surface area contributed by atoms with E-state index in [-0.39, 0.29) is 0 Å². The minimum atomic E-state index is 0.343. The molecule has 1 heteroatoms. The van der Waals surface area contributed by atoms with Crippen LogP contribution >= 0.6 is 11.6 Å². The van der Waals surface area contributed by atoms with Crippen LogP contribution in [-0.2, 0) is 0 Å². The maximum Gasteiger partial charge on any atom is 0.261 e. The summed E-state index contributed by atoms with van der Waals surface area (Å²) in [6, 6.07) is 9.43. The highest BCUT2D eigenvalue weighted by molar-refractivity contribution is 6.47. The summed E-state index contributed by atoms with van der Waals surface area (Å²) in [7, 11) is 0. The van der Waals surface area contributed by atoms with Crippen molar-refractivity contribution in [3.8, 4) is 0 Å². The predicted molar refractivity (Wildman–Crippen MR) is 40.0 cm³/mol. The molecule has 0 amide bonds. The van der Waals surface area contributed by atoms with E-state index in [9.17, 15) is 0 Å².